The molecular weight excluding hydrogens is 360 g/mol. The van der Waals surface area contributed by atoms with Crippen LogP contribution in [0.4, 0.5) is 11.4 Å². The van der Waals surface area contributed by atoms with E-state index < -0.39 is 23.2 Å². The van der Waals surface area contributed by atoms with Gasteiger partial charge in [0.15, 0.2) is 0 Å². The molecule has 2 atom stereocenters. The van der Waals surface area contributed by atoms with Crippen LogP contribution in [0, 0.1) is 17.3 Å². The minimum absolute atomic E-state index is 0.280. The number of carbonyl (C=O) groups excluding carboxylic acids is 2. The molecule has 28 heavy (non-hydrogen) atoms. The van der Waals surface area contributed by atoms with Crippen molar-refractivity contribution in [1.29, 1.82) is 0 Å². The quantitative estimate of drug-likeness (QED) is 0.711. The van der Waals surface area contributed by atoms with E-state index in [0.29, 0.717) is 22.7 Å². The first kappa shape index (κ1) is 19.4. The summed E-state index contributed by atoms with van der Waals surface area (Å²) < 4.78 is 5.08. The van der Waals surface area contributed by atoms with Crippen molar-refractivity contribution in [3.63, 3.8) is 0 Å². The van der Waals surface area contributed by atoms with Crippen molar-refractivity contribution in [2.75, 3.05) is 17.7 Å². The predicted octanol–water partition coefficient (Wildman–Crippen LogP) is 3.24. The highest BCUT2D eigenvalue weighted by Gasteiger charge is 2.65. The second-order valence-corrected chi connectivity index (χ2v) is 7.36. The van der Waals surface area contributed by atoms with Crippen molar-refractivity contribution in [1.82, 2.24) is 0 Å². The number of carbonyl (C=O) groups is 3. The number of benzene rings is 2. The molecule has 0 bridgehead atoms. The van der Waals surface area contributed by atoms with Gasteiger partial charge in [0.1, 0.15) is 5.75 Å². The van der Waals surface area contributed by atoms with Crippen molar-refractivity contribution >= 4 is 29.2 Å². The molecule has 1 aliphatic rings. The Hall–Kier alpha value is -3.35. The van der Waals surface area contributed by atoms with Crippen LogP contribution >= 0.6 is 0 Å². The van der Waals surface area contributed by atoms with Crippen LogP contribution in [0.5, 0.6) is 5.75 Å². The summed E-state index contributed by atoms with van der Waals surface area (Å²) in [7, 11) is 1.57. The third-order valence-electron chi connectivity index (χ3n) is 5.14. The lowest BCUT2D eigenvalue weighted by molar-refractivity contribution is -0.140. The van der Waals surface area contributed by atoms with Gasteiger partial charge in [-0.15, -0.1) is 0 Å². The van der Waals surface area contributed by atoms with Crippen molar-refractivity contribution in [3.05, 3.63) is 54.1 Å². The highest BCUT2D eigenvalue weighted by molar-refractivity contribution is 6.05. The lowest BCUT2D eigenvalue weighted by Gasteiger charge is -2.09. The second kappa shape index (κ2) is 7.34. The van der Waals surface area contributed by atoms with E-state index in [1.165, 1.54) is 0 Å². The zero-order valence-electron chi connectivity index (χ0n) is 15.9. The van der Waals surface area contributed by atoms with Crippen LogP contribution in [0.25, 0.3) is 0 Å². The first-order chi connectivity index (χ1) is 13.2. The van der Waals surface area contributed by atoms with Crippen LogP contribution < -0.4 is 15.4 Å². The average Bonchev–Trinajstić information content (AvgIpc) is 3.25. The van der Waals surface area contributed by atoms with Gasteiger partial charge in [0.25, 0.3) is 5.91 Å². The van der Waals surface area contributed by atoms with Gasteiger partial charge < -0.3 is 20.5 Å². The van der Waals surface area contributed by atoms with Gasteiger partial charge in [-0.25, -0.2) is 0 Å². The Morgan fingerprint density at radius 2 is 1.43 bits per heavy atom. The summed E-state index contributed by atoms with van der Waals surface area (Å²) in [6, 6.07) is 13.4. The third-order valence-corrected chi connectivity index (χ3v) is 5.14. The van der Waals surface area contributed by atoms with Crippen molar-refractivity contribution in [2.45, 2.75) is 13.8 Å². The Bertz CT molecular complexity index is 903. The number of hydrogen-bond acceptors (Lipinski definition) is 4. The molecule has 1 fully saturated rings. The molecule has 0 spiro atoms. The number of anilines is 2. The lowest BCUT2D eigenvalue weighted by Crippen LogP contribution is -2.18. The molecule has 146 valence electrons. The number of aliphatic carboxylic acids is 1. The van der Waals surface area contributed by atoms with E-state index in [1.807, 2.05) is 0 Å². The highest BCUT2D eigenvalue weighted by Crippen LogP contribution is 2.58. The van der Waals surface area contributed by atoms with Crippen LogP contribution in [0.1, 0.15) is 24.2 Å². The summed E-state index contributed by atoms with van der Waals surface area (Å²) >= 11 is 0. The molecule has 3 N–H and O–H groups in total. The van der Waals surface area contributed by atoms with E-state index in [-0.39, 0.29) is 11.8 Å². The molecule has 0 radical (unpaired) electrons. The van der Waals surface area contributed by atoms with Gasteiger partial charge in [0.05, 0.1) is 18.9 Å². The van der Waals surface area contributed by atoms with Crippen molar-refractivity contribution in [2.24, 2.45) is 17.3 Å². The normalized spacial score (nSPS) is 19.4. The van der Waals surface area contributed by atoms with Gasteiger partial charge >= 0.3 is 5.97 Å². The minimum atomic E-state index is -0.962. The molecule has 3 rings (SSSR count). The lowest BCUT2D eigenvalue weighted by atomic mass is 10.1. The molecule has 2 aromatic carbocycles. The summed E-state index contributed by atoms with van der Waals surface area (Å²) in [6.07, 6.45) is 0. The Kier molecular flexibility index (Phi) is 5.09. The fourth-order valence-electron chi connectivity index (χ4n) is 3.39. The summed E-state index contributed by atoms with van der Waals surface area (Å²) in [5, 5.41) is 14.7. The van der Waals surface area contributed by atoms with E-state index >= 15 is 0 Å². The number of hydrogen-bond donors (Lipinski definition) is 3. The Labute approximate surface area is 162 Å². The average molecular weight is 382 g/mol. The largest absolute Gasteiger partial charge is 0.497 e. The number of methoxy groups -OCH3 is 1. The molecule has 2 unspecified atom stereocenters. The van der Waals surface area contributed by atoms with Crippen molar-refractivity contribution in [3.8, 4) is 5.75 Å². The molecule has 0 heterocycles. The van der Waals surface area contributed by atoms with Crippen LogP contribution in [0.3, 0.4) is 0 Å². The molecule has 7 heteroatoms. The SMILES string of the molecule is COc1ccc(NC(=O)c2ccc(NC(=O)C3C(C(=O)O)C3(C)C)cc2)cc1. The van der Waals surface area contributed by atoms with Gasteiger partial charge in [0, 0.05) is 16.9 Å². The molecule has 1 saturated carbocycles. The van der Waals surface area contributed by atoms with Gasteiger partial charge in [-0.2, -0.15) is 0 Å². The second-order valence-electron chi connectivity index (χ2n) is 7.36. The zero-order valence-corrected chi connectivity index (χ0v) is 15.9. The molecule has 1 aliphatic carbocycles. The van der Waals surface area contributed by atoms with Gasteiger partial charge in [-0.3, -0.25) is 14.4 Å². The summed E-state index contributed by atoms with van der Waals surface area (Å²) in [5.41, 5.74) is 1.02. The smallest absolute Gasteiger partial charge is 0.307 e. The predicted molar refractivity (Wildman–Crippen MR) is 104 cm³/mol. The number of amides is 2. The fourth-order valence-corrected chi connectivity index (χ4v) is 3.39. The third kappa shape index (κ3) is 3.83. The van der Waals surface area contributed by atoms with Gasteiger partial charge in [-0.1, -0.05) is 13.8 Å². The Balaban J connectivity index is 1.61. The molecule has 7 nitrogen and oxygen atoms in total. The number of rotatable bonds is 6. The number of ether oxygens (including phenoxy) is 1. The van der Waals surface area contributed by atoms with E-state index in [1.54, 1.807) is 69.5 Å². The molecule has 0 aliphatic heterocycles. The van der Waals surface area contributed by atoms with Crippen LogP contribution in [-0.2, 0) is 9.59 Å². The van der Waals surface area contributed by atoms with Gasteiger partial charge in [0.2, 0.25) is 5.91 Å². The molecule has 2 amide bonds. The van der Waals surface area contributed by atoms with E-state index in [0.717, 1.165) is 0 Å². The van der Waals surface area contributed by atoms with E-state index in [4.69, 9.17) is 4.74 Å². The first-order valence-electron chi connectivity index (χ1n) is 8.83. The molecule has 0 saturated heterocycles. The highest BCUT2D eigenvalue weighted by atomic mass is 16.5. The first-order valence-corrected chi connectivity index (χ1v) is 8.83. The van der Waals surface area contributed by atoms with E-state index in [9.17, 15) is 19.5 Å². The Morgan fingerprint density at radius 3 is 1.93 bits per heavy atom. The van der Waals surface area contributed by atoms with Crippen LogP contribution in [-0.4, -0.2) is 30.0 Å². The Morgan fingerprint density at radius 1 is 0.893 bits per heavy atom. The van der Waals surface area contributed by atoms with Crippen LogP contribution in [0.15, 0.2) is 48.5 Å². The fraction of sp³-hybridized carbons (Fsp3) is 0.286. The maximum absolute atomic E-state index is 12.4. The summed E-state index contributed by atoms with van der Waals surface area (Å²) in [6.45, 7) is 3.53. The number of carboxylic acid groups (broad SMARTS) is 1. The zero-order chi connectivity index (χ0) is 20.5. The standard InChI is InChI=1S/C21H22N2O5/c1-21(2)16(17(21)20(26)27)19(25)23-13-6-4-12(5-7-13)18(24)22-14-8-10-15(28-3)11-9-14/h4-11,16-17H,1-3H3,(H,22,24)(H,23,25)(H,26,27). The van der Waals surface area contributed by atoms with E-state index in [2.05, 4.69) is 10.6 Å². The van der Waals surface area contributed by atoms with Crippen LogP contribution in [0.2, 0.25) is 0 Å². The molecular formula is C21H22N2O5. The minimum Gasteiger partial charge on any atom is -0.497 e. The topological polar surface area (TPSA) is 105 Å². The van der Waals surface area contributed by atoms with Gasteiger partial charge in [-0.05, 0) is 53.9 Å². The summed E-state index contributed by atoms with van der Waals surface area (Å²) in [4.78, 5) is 35.9. The molecule has 0 aromatic heterocycles. The molecule has 2 aromatic rings. The maximum Gasteiger partial charge on any atom is 0.307 e. The summed E-state index contributed by atoms with van der Waals surface area (Å²) in [5.74, 6) is -2.12. The maximum atomic E-state index is 12.4. The number of carboxylic acids is 1. The van der Waals surface area contributed by atoms with Crippen molar-refractivity contribution < 1.29 is 24.2 Å². The number of nitrogens with one attached hydrogen (secondary N) is 2. The monoisotopic (exact) mass is 382 g/mol.